The van der Waals surface area contributed by atoms with Gasteiger partial charge in [0.25, 0.3) is 0 Å². The molecule has 0 aliphatic carbocycles. The van der Waals surface area contributed by atoms with Gasteiger partial charge in [-0.2, -0.15) is 0 Å². The van der Waals surface area contributed by atoms with Crippen molar-refractivity contribution < 1.29 is 0 Å². The van der Waals surface area contributed by atoms with E-state index in [2.05, 4.69) is 42.9 Å². The van der Waals surface area contributed by atoms with Crippen LogP contribution in [0.5, 0.6) is 0 Å². The van der Waals surface area contributed by atoms with Gasteiger partial charge in [-0.1, -0.05) is 0 Å². The van der Waals surface area contributed by atoms with Crippen molar-refractivity contribution in [3.8, 4) is 0 Å². The normalized spacial score (nSPS) is 20.2. The van der Waals surface area contributed by atoms with Crippen LogP contribution in [-0.4, -0.2) is 29.2 Å². The molecular weight excluding hydrogens is 304 g/mol. The summed E-state index contributed by atoms with van der Waals surface area (Å²) in [6, 6.07) is 0. The molecule has 0 atom stereocenters. The van der Waals surface area contributed by atoms with Gasteiger partial charge < -0.3 is 0 Å². The molecular formula is C5H8Br2GaN. The molecule has 0 fully saturated rings. The number of rotatable bonds is 1. The zero-order chi connectivity index (χ0) is 6.69. The number of halogens is 2. The topological polar surface area (TPSA) is 3.24 Å². The van der Waals surface area contributed by atoms with Gasteiger partial charge in [0.2, 0.25) is 0 Å². The fourth-order valence-electron chi connectivity index (χ4n) is 0.837. The second-order valence-corrected chi connectivity index (χ2v) is 20.1. The molecule has 50 valence electrons. The fourth-order valence-corrected chi connectivity index (χ4v) is 6.01. The van der Waals surface area contributed by atoms with Gasteiger partial charge in [0.15, 0.2) is 0 Å². The van der Waals surface area contributed by atoms with Gasteiger partial charge in [-0.25, -0.2) is 0 Å². The summed E-state index contributed by atoms with van der Waals surface area (Å²) in [5.41, 5.74) is 0. The van der Waals surface area contributed by atoms with Gasteiger partial charge in [-0.05, 0) is 0 Å². The minimum atomic E-state index is -1.26. The van der Waals surface area contributed by atoms with Crippen LogP contribution in [0.3, 0.4) is 0 Å². The maximum atomic E-state index is 3.63. The molecule has 1 aliphatic rings. The minimum absolute atomic E-state index is 1.14. The molecule has 0 amide bonds. The van der Waals surface area contributed by atoms with Crippen molar-refractivity contribution in [3.05, 3.63) is 12.2 Å². The summed E-state index contributed by atoms with van der Waals surface area (Å²) in [5, 5.41) is 0. The van der Waals surface area contributed by atoms with Crippen LogP contribution in [0, 0.1) is 0 Å². The first kappa shape index (κ1) is 8.39. The van der Waals surface area contributed by atoms with Crippen LogP contribution in [0.1, 0.15) is 6.42 Å². The van der Waals surface area contributed by atoms with Crippen molar-refractivity contribution in [2.75, 3.05) is 13.1 Å². The van der Waals surface area contributed by atoms with Gasteiger partial charge in [0.05, 0.1) is 0 Å². The number of hydrogen-bond acceptors (Lipinski definition) is 1. The van der Waals surface area contributed by atoms with E-state index in [0.29, 0.717) is 0 Å². The Morgan fingerprint density at radius 1 is 1.33 bits per heavy atom. The Kier molecular flexibility index (Phi) is 3.95. The van der Waals surface area contributed by atoms with Crippen molar-refractivity contribution in [1.82, 2.24) is 3.61 Å². The Labute approximate surface area is 74.4 Å². The molecule has 0 unspecified atom stereocenters. The molecule has 0 radical (unpaired) electrons. The van der Waals surface area contributed by atoms with E-state index < -0.39 is 12.5 Å². The van der Waals surface area contributed by atoms with Gasteiger partial charge >= 0.3 is 74.9 Å². The first-order chi connectivity index (χ1) is 4.30. The number of nitrogens with zero attached hydrogens (tertiary/aromatic N) is 1. The van der Waals surface area contributed by atoms with E-state index in [4.69, 9.17) is 0 Å². The van der Waals surface area contributed by atoms with Crippen LogP contribution in [0.2, 0.25) is 0 Å². The van der Waals surface area contributed by atoms with E-state index in [1.165, 1.54) is 13.0 Å². The van der Waals surface area contributed by atoms with Crippen LogP contribution in [0.15, 0.2) is 12.2 Å². The van der Waals surface area contributed by atoms with Gasteiger partial charge in [0.1, 0.15) is 0 Å². The Morgan fingerprint density at radius 2 is 2.11 bits per heavy atom. The van der Waals surface area contributed by atoms with Crippen LogP contribution >= 0.6 is 27.1 Å². The molecule has 0 N–H and O–H groups in total. The summed E-state index contributed by atoms with van der Waals surface area (Å²) in [6.45, 7) is 2.37. The third-order valence-electron chi connectivity index (χ3n) is 1.37. The average molecular weight is 312 g/mol. The first-order valence-electron chi connectivity index (χ1n) is 2.98. The summed E-state index contributed by atoms with van der Waals surface area (Å²) in [4.78, 5) is 0. The van der Waals surface area contributed by atoms with Crippen molar-refractivity contribution in [2.24, 2.45) is 0 Å². The van der Waals surface area contributed by atoms with Crippen LogP contribution in [0.25, 0.3) is 0 Å². The standard InChI is InChI=1S/C5H8N.2BrH.Ga/c1-2-4-6-5-3-1;;;/h1-2H,3-5H2;2*1H;/q-1;;;+3/p-2. The predicted molar refractivity (Wildman–Crippen MR) is 48.9 cm³/mol. The summed E-state index contributed by atoms with van der Waals surface area (Å²) >= 11 is 6.00. The first-order valence-corrected chi connectivity index (χ1v) is 15.4. The monoisotopic (exact) mass is 309 g/mol. The number of hydrogen-bond donors (Lipinski definition) is 0. The molecule has 4 heteroatoms. The zero-order valence-corrected chi connectivity index (χ0v) is 10.7. The zero-order valence-electron chi connectivity index (χ0n) is 5.06. The van der Waals surface area contributed by atoms with Gasteiger partial charge in [-0.15, -0.1) is 0 Å². The molecule has 0 aromatic heterocycles. The molecule has 1 nitrogen and oxygen atoms in total. The second kappa shape index (κ2) is 4.23. The summed E-state index contributed by atoms with van der Waals surface area (Å²) in [5.74, 6) is 0. The van der Waals surface area contributed by atoms with E-state index in [0.717, 1.165) is 6.54 Å². The molecule has 1 aliphatic heterocycles. The van der Waals surface area contributed by atoms with Crippen molar-refractivity contribution >= 4 is 39.6 Å². The van der Waals surface area contributed by atoms with E-state index in [9.17, 15) is 0 Å². The SMILES string of the molecule is [Br][Ga]([Br])[N]1CC=CCC1. The molecule has 1 heterocycles. The molecule has 0 aromatic carbocycles. The van der Waals surface area contributed by atoms with E-state index in [1.54, 1.807) is 0 Å². The Morgan fingerprint density at radius 3 is 2.44 bits per heavy atom. The Bertz CT molecular complexity index is 116. The van der Waals surface area contributed by atoms with Crippen LogP contribution in [-0.2, 0) is 0 Å². The Hall–Kier alpha value is 1.30. The predicted octanol–water partition coefficient (Wildman–Crippen LogP) is 2.02. The van der Waals surface area contributed by atoms with Crippen LogP contribution < -0.4 is 0 Å². The maximum absolute atomic E-state index is 3.63. The molecule has 9 heavy (non-hydrogen) atoms. The Balaban J connectivity index is 2.35. The summed E-state index contributed by atoms with van der Waals surface area (Å²) < 4.78 is 2.49. The van der Waals surface area contributed by atoms with E-state index in [-0.39, 0.29) is 0 Å². The molecule has 1 rings (SSSR count). The molecule has 0 bridgehead atoms. The second-order valence-electron chi connectivity index (χ2n) is 2.03. The fraction of sp³-hybridized carbons (Fsp3) is 0.600. The molecule has 0 saturated heterocycles. The average Bonchev–Trinajstić information content (AvgIpc) is 1.90. The third-order valence-corrected chi connectivity index (χ3v) is 9.53. The van der Waals surface area contributed by atoms with E-state index in [1.807, 2.05) is 0 Å². The summed E-state index contributed by atoms with van der Waals surface area (Å²) in [7, 11) is 0. The van der Waals surface area contributed by atoms with Crippen LogP contribution in [0.4, 0.5) is 0 Å². The quantitative estimate of drug-likeness (QED) is 0.529. The van der Waals surface area contributed by atoms with Gasteiger partial charge in [0, 0.05) is 0 Å². The van der Waals surface area contributed by atoms with Crippen molar-refractivity contribution in [2.45, 2.75) is 6.42 Å². The van der Waals surface area contributed by atoms with Gasteiger partial charge in [-0.3, -0.25) is 0 Å². The molecule has 0 spiro atoms. The molecule has 0 saturated carbocycles. The molecule has 0 aromatic rings. The van der Waals surface area contributed by atoms with E-state index >= 15 is 0 Å². The van der Waals surface area contributed by atoms with Crippen molar-refractivity contribution in [1.29, 1.82) is 0 Å². The summed E-state index contributed by atoms with van der Waals surface area (Å²) in [6.07, 6.45) is 5.71. The van der Waals surface area contributed by atoms with Crippen molar-refractivity contribution in [3.63, 3.8) is 0 Å². The third kappa shape index (κ3) is 2.80.